The molecule has 0 amide bonds. The van der Waals surface area contributed by atoms with E-state index in [1.807, 2.05) is 0 Å². The lowest BCUT2D eigenvalue weighted by molar-refractivity contribution is 1.19. The lowest BCUT2D eigenvalue weighted by Gasteiger charge is -2.09. The Kier molecular flexibility index (Phi) is 3.49. The van der Waals surface area contributed by atoms with Crippen LogP contribution < -0.4 is 5.19 Å². The lowest BCUT2D eigenvalue weighted by Crippen LogP contribution is -2.10. The lowest BCUT2D eigenvalue weighted by atomic mass is 10.0. The molecule has 0 atom stereocenters. The standard InChI is InChI=1S/C12H15Si/c1-4-5-6-11-7-8-12(13)10(3)9(11)2/h4-5,7-8H,6H2,1-3H3/b5-4+. The first-order valence-electron chi connectivity index (χ1n) is 4.58. The second-order valence-corrected chi connectivity index (χ2v) is 3.83. The SMILES string of the molecule is C/C=C/Cc1ccc([Si])c(C)c1C. The molecule has 0 N–H and O–H groups in total. The van der Waals surface area contributed by atoms with E-state index >= 15 is 0 Å². The van der Waals surface area contributed by atoms with E-state index in [0.717, 1.165) is 6.42 Å². The molecule has 1 aromatic carbocycles. The van der Waals surface area contributed by atoms with Gasteiger partial charge in [-0.2, -0.15) is 0 Å². The second kappa shape index (κ2) is 4.42. The van der Waals surface area contributed by atoms with Gasteiger partial charge in [-0.25, -0.2) is 0 Å². The van der Waals surface area contributed by atoms with Gasteiger partial charge in [0.05, 0.1) is 10.2 Å². The van der Waals surface area contributed by atoms with Gasteiger partial charge in [0.2, 0.25) is 0 Å². The number of hydrogen-bond donors (Lipinski definition) is 0. The Labute approximate surface area is 84.1 Å². The van der Waals surface area contributed by atoms with Crippen LogP contribution in [0, 0.1) is 13.8 Å². The molecule has 0 saturated carbocycles. The summed E-state index contributed by atoms with van der Waals surface area (Å²) >= 11 is 0. The third-order valence-electron chi connectivity index (χ3n) is 2.47. The first kappa shape index (κ1) is 10.3. The summed E-state index contributed by atoms with van der Waals surface area (Å²) in [6.07, 6.45) is 5.32. The molecule has 1 heteroatoms. The quantitative estimate of drug-likeness (QED) is 0.492. The third-order valence-corrected chi connectivity index (χ3v) is 3.01. The van der Waals surface area contributed by atoms with Crippen LogP contribution in [0.15, 0.2) is 24.3 Å². The highest BCUT2D eigenvalue weighted by molar-refractivity contribution is 6.33. The molecule has 0 spiro atoms. The minimum Gasteiger partial charge on any atom is -0.0913 e. The van der Waals surface area contributed by atoms with Crippen molar-refractivity contribution in [2.24, 2.45) is 0 Å². The zero-order chi connectivity index (χ0) is 9.84. The van der Waals surface area contributed by atoms with Crippen LogP contribution in [0.25, 0.3) is 0 Å². The van der Waals surface area contributed by atoms with Crippen LogP contribution in [0.2, 0.25) is 0 Å². The maximum absolute atomic E-state index is 3.58. The number of allylic oxidation sites excluding steroid dienone is 2. The van der Waals surface area contributed by atoms with E-state index in [4.69, 9.17) is 0 Å². The molecular formula is C12H15Si. The predicted molar refractivity (Wildman–Crippen MR) is 59.8 cm³/mol. The number of rotatable bonds is 2. The van der Waals surface area contributed by atoms with E-state index in [0.29, 0.717) is 0 Å². The van der Waals surface area contributed by atoms with Crippen LogP contribution in [0.4, 0.5) is 0 Å². The van der Waals surface area contributed by atoms with E-state index in [-0.39, 0.29) is 0 Å². The van der Waals surface area contributed by atoms with Gasteiger partial charge in [0, 0.05) is 0 Å². The summed E-state index contributed by atoms with van der Waals surface area (Å²) in [5.41, 5.74) is 4.15. The summed E-state index contributed by atoms with van der Waals surface area (Å²) in [5.74, 6) is 0. The van der Waals surface area contributed by atoms with E-state index in [1.54, 1.807) is 0 Å². The summed E-state index contributed by atoms with van der Waals surface area (Å²) in [7, 11) is 3.58. The van der Waals surface area contributed by atoms with Gasteiger partial charge in [0.1, 0.15) is 0 Å². The maximum Gasteiger partial charge on any atom is 0.0715 e. The fraction of sp³-hybridized carbons (Fsp3) is 0.333. The van der Waals surface area contributed by atoms with Gasteiger partial charge < -0.3 is 0 Å². The van der Waals surface area contributed by atoms with E-state index in [1.165, 1.54) is 21.9 Å². The molecular weight excluding hydrogens is 172 g/mol. The van der Waals surface area contributed by atoms with Crippen molar-refractivity contribution in [1.29, 1.82) is 0 Å². The molecule has 0 heterocycles. The highest BCUT2D eigenvalue weighted by atomic mass is 28.1. The number of hydrogen-bond acceptors (Lipinski definition) is 0. The van der Waals surface area contributed by atoms with Crippen molar-refractivity contribution in [1.82, 2.24) is 0 Å². The van der Waals surface area contributed by atoms with Crippen molar-refractivity contribution < 1.29 is 0 Å². The molecule has 67 valence electrons. The molecule has 0 saturated heterocycles. The van der Waals surface area contributed by atoms with Crippen LogP contribution in [-0.4, -0.2) is 10.2 Å². The summed E-state index contributed by atoms with van der Waals surface area (Å²) in [5, 5.41) is 1.20. The maximum atomic E-state index is 3.58. The fourth-order valence-corrected chi connectivity index (χ4v) is 1.61. The van der Waals surface area contributed by atoms with Crippen molar-refractivity contribution in [2.45, 2.75) is 27.2 Å². The van der Waals surface area contributed by atoms with E-state index in [2.05, 4.69) is 55.3 Å². The zero-order valence-electron chi connectivity index (χ0n) is 8.52. The highest BCUT2D eigenvalue weighted by Gasteiger charge is 2.01. The van der Waals surface area contributed by atoms with Crippen LogP contribution in [-0.2, 0) is 6.42 Å². The first-order chi connectivity index (χ1) is 6.16. The highest BCUT2D eigenvalue weighted by Crippen LogP contribution is 2.11. The molecule has 0 aliphatic rings. The first-order valence-corrected chi connectivity index (χ1v) is 5.08. The van der Waals surface area contributed by atoms with Crippen molar-refractivity contribution in [3.8, 4) is 0 Å². The molecule has 1 aromatic rings. The normalized spacial score (nSPS) is 11.1. The number of benzene rings is 1. The molecule has 1 rings (SSSR count). The van der Waals surface area contributed by atoms with Crippen molar-refractivity contribution >= 4 is 15.4 Å². The minimum absolute atomic E-state index is 1.04. The Morgan fingerprint density at radius 3 is 2.54 bits per heavy atom. The Bertz CT molecular complexity index is 324. The zero-order valence-corrected chi connectivity index (χ0v) is 9.52. The van der Waals surface area contributed by atoms with Gasteiger partial charge in [-0.3, -0.25) is 0 Å². The Balaban J connectivity index is 3.03. The minimum atomic E-state index is 1.04. The van der Waals surface area contributed by atoms with Crippen LogP contribution in [0.1, 0.15) is 23.6 Å². The summed E-state index contributed by atoms with van der Waals surface area (Å²) in [6.45, 7) is 6.38. The summed E-state index contributed by atoms with van der Waals surface area (Å²) in [4.78, 5) is 0. The Morgan fingerprint density at radius 2 is 1.92 bits per heavy atom. The van der Waals surface area contributed by atoms with Crippen molar-refractivity contribution in [3.63, 3.8) is 0 Å². The molecule has 0 unspecified atom stereocenters. The van der Waals surface area contributed by atoms with Crippen LogP contribution >= 0.6 is 0 Å². The van der Waals surface area contributed by atoms with Gasteiger partial charge in [-0.15, -0.1) is 0 Å². The predicted octanol–water partition coefficient (Wildman–Crippen LogP) is 2.22. The van der Waals surface area contributed by atoms with Gasteiger partial charge >= 0.3 is 0 Å². The molecule has 3 radical (unpaired) electrons. The molecule has 0 aliphatic heterocycles. The molecule has 0 aliphatic carbocycles. The van der Waals surface area contributed by atoms with Gasteiger partial charge in [-0.1, -0.05) is 29.5 Å². The Morgan fingerprint density at radius 1 is 1.23 bits per heavy atom. The summed E-state index contributed by atoms with van der Waals surface area (Å²) < 4.78 is 0. The smallest absolute Gasteiger partial charge is 0.0715 e. The second-order valence-electron chi connectivity index (χ2n) is 3.30. The van der Waals surface area contributed by atoms with Crippen molar-refractivity contribution in [2.75, 3.05) is 0 Å². The average molecular weight is 187 g/mol. The largest absolute Gasteiger partial charge is 0.0913 e. The van der Waals surface area contributed by atoms with Crippen molar-refractivity contribution in [3.05, 3.63) is 41.0 Å². The molecule has 0 aromatic heterocycles. The average Bonchev–Trinajstić information content (AvgIpc) is 2.13. The molecule has 13 heavy (non-hydrogen) atoms. The summed E-state index contributed by atoms with van der Waals surface area (Å²) in [6, 6.07) is 4.31. The van der Waals surface area contributed by atoms with E-state index < -0.39 is 0 Å². The molecule has 0 bridgehead atoms. The molecule has 0 fully saturated rings. The van der Waals surface area contributed by atoms with E-state index in [9.17, 15) is 0 Å². The Hall–Kier alpha value is -0.823. The fourth-order valence-electron chi connectivity index (χ4n) is 1.34. The third kappa shape index (κ3) is 2.31. The monoisotopic (exact) mass is 187 g/mol. The van der Waals surface area contributed by atoms with Gasteiger partial charge in [0.15, 0.2) is 0 Å². The van der Waals surface area contributed by atoms with Crippen LogP contribution in [0.5, 0.6) is 0 Å². The van der Waals surface area contributed by atoms with Gasteiger partial charge in [-0.05, 0) is 43.9 Å². The van der Waals surface area contributed by atoms with Gasteiger partial charge in [0.25, 0.3) is 0 Å². The molecule has 0 nitrogen and oxygen atoms in total. The van der Waals surface area contributed by atoms with Crippen LogP contribution in [0.3, 0.4) is 0 Å². The topological polar surface area (TPSA) is 0 Å².